The summed E-state index contributed by atoms with van der Waals surface area (Å²) in [5.41, 5.74) is 0.0259. The number of piperidine rings is 1. The summed E-state index contributed by atoms with van der Waals surface area (Å²) in [6, 6.07) is 3.29. The number of anilines is 1. The van der Waals surface area contributed by atoms with E-state index in [4.69, 9.17) is 4.42 Å². The van der Waals surface area contributed by atoms with E-state index in [9.17, 15) is 13.6 Å². The Morgan fingerprint density at radius 3 is 2.55 bits per heavy atom. The molecule has 0 aliphatic carbocycles. The normalized spacial score (nSPS) is 23.6. The highest BCUT2D eigenvalue weighted by molar-refractivity contribution is 5.83. The van der Waals surface area contributed by atoms with E-state index in [1.807, 2.05) is 18.7 Å². The Bertz CT molecular complexity index is 938. The van der Waals surface area contributed by atoms with Crippen molar-refractivity contribution < 1.29 is 18.0 Å². The molecule has 2 unspecified atom stereocenters. The van der Waals surface area contributed by atoms with Gasteiger partial charge in [-0.15, -0.1) is 5.10 Å². The van der Waals surface area contributed by atoms with Gasteiger partial charge in [-0.05, 0) is 29.5 Å². The van der Waals surface area contributed by atoms with Gasteiger partial charge in [0.25, 0.3) is 0 Å². The first kappa shape index (κ1) is 19.5. The van der Waals surface area contributed by atoms with Crippen LogP contribution in [-0.2, 0) is 4.79 Å². The van der Waals surface area contributed by atoms with Crippen molar-refractivity contribution >= 4 is 18.1 Å². The number of carbonyl (C=O) groups excluding carboxylic acids is 1. The van der Waals surface area contributed by atoms with E-state index in [0.717, 1.165) is 6.07 Å². The van der Waals surface area contributed by atoms with Crippen LogP contribution < -0.4 is 4.90 Å². The van der Waals surface area contributed by atoms with Crippen molar-refractivity contribution in [3.8, 4) is 0 Å². The molecule has 0 N–H and O–H groups in total. The molecule has 0 spiro atoms. The molecule has 0 radical (unpaired) electrons. The molecule has 0 saturated carbocycles. The molecule has 2 aliphatic rings. The topological polar surface area (TPSA) is 74.8 Å². The third kappa shape index (κ3) is 3.73. The molecular formula is C20H23F2N5O2. The summed E-state index contributed by atoms with van der Waals surface area (Å²) in [5, 5.41) is 13.6. The minimum absolute atomic E-state index is 0.139. The van der Waals surface area contributed by atoms with Crippen molar-refractivity contribution in [2.75, 3.05) is 18.0 Å². The second-order valence-electron chi connectivity index (χ2n) is 8.29. The standard InChI is InChI=1S/C20H23F2N5O2/c1-12-24-25-19(29-12)26-7-5-16(20(2,3)11-26)18(28)27-17(4-6-23-27)13-8-14(21)10-15(22)9-13/h6,8-10,16-17H,4-5,7,11H2,1-3H3. The third-order valence-electron chi connectivity index (χ3n) is 5.64. The number of hydrazone groups is 1. The van der Waals surface area contributed by atoms with Crippen LogP contribution in [0.4, 0.5) is 14.8 Å². The Morgan fingerprint density at radius 1 is 1.21 bits per heavy atom. The highest BCUT2D eigenvalue weighted by Gasteiger charge is 2.45. The largest absolute Gasteiger partial charge is 0.408 e. The summed E-state index contributed by atoms with van der Waals surface area (Å²) in [6.45, 7) is 6.93. The second-order valence-corrected chi connectivity index (χ2v) is 8.29. The molecule has 3 heterocycles. The molecule has 2 atom stereocenters. The molecule has 2 aliphatic heterocycles. The first-order valence-electron chi connectivity index (χ1n) is 9.61. The Kier molecular flexibility index (Phi) is 4.84. The van der Waals surface area contributed by atoms with Gasteiger partial charge in [0.1, 0.15) is 11.6 Å². The average Bonchev–Trinajstić information content (AvgIpc) is 3.28. The monoisotopic (exact) mass is 403 g/mol. The summed E-state index contributed by atoms with van der Waals surface area (Å²) in [5.74, 6) is -1.27. The van der Waals surface area contributed by atoms with Gasteiger partial charge in [-0.3, -0.25) is 4.79 Å². The lowest BCUT2D eigenvalue weighted by Gasteiger charge is -2.43. The number of carbonyl (C=O) groups is 1. The highest BCUT2D eigenvalue weighted by Crippen LogP contribution is 2.40. The fraction of sp³-hybridized carbons (Fsp3) is 0.500. The smallest absolute Gasteiger partial charge is 0.318 e. The number of nitrogens with zero attached hydrogens (tertiary/aromatic N) is 5. The number of aryl methyl sites for hydroxylation is 1. The second kappa shape index (κ2) is 7.20. The third-order valence-corrected chi connectivity index (χ3v) is 5.64. The van der Waals surface area contributed by atoms with E-state index in [0.29, 0.717) is 43.4 Å². The summed E-state index contributed by atoms with van der Waals surface area (Å²) in [4.78, 5) is 15.4. The highest BCUT2D eigenvalue weighted by atomic mass is 19.1. The number of hydrogen-bond acceptors (Lipinski definition) is 6. The number of benzene rings is 1. The van der Waals surface area contributed by atoms with E-state index in [1.165, 1.54) is 17.1 Å². The molecule has 1 fully saturated rings. The minimum atomic E-state index is -0.664. The zero-order valence-corrected chi connectivity index (χ0v) is 16.6. The van der Waals surface area contributed by atoms with Crippen LogP contribution in [0.3, 0.4) is 0 Å². The molecule has 7 nitrogen and oxygen atoms in total. The van der Waals surface area contributed by atoms with E-state index >= 15 is 0 Å². The Hall–Kier alpha value is -2.84. The van der Waals surface area contributed by atoms with Crippen molar-refractivity contribution in [2.45, 2.75) is 39.7 Å². The molecule has 9 heteroatoms. The van der Waals surface area contributed by atoms with E-state index in [-0.39, 0.29) is 17.2 Å². The molecule has 0 bridgehead atoms. The van der Waals surface area contributed by atoms with Crippen LogP contribution >= 0.6 is 0 Å². The number of hydrogen-bond donors (Lipinski definition) is 0. The zero-order valence-electron chi connectivity index (χ0n) is 16.6. The molecule has 154 valence electrons. The van der Waals surface area contributed by atoms with Crippen molar-refractivity contribution in [3.05, 3.63) is 41.3 Å². The van der Waals surface area contributed by atoms with E-state index in [2.05, 4.69) is 15.3 Å². The lowest BCUT2D eigenvalue weighted by atomic mass is 9.73. The van der Waals surface area contributed by atoms with Gasteiger partial charge in [-0.25, -0.2) is 13.8 Å². The molecule has 1 aromatic carbocycles. The number of amides is 1. The number of aromatic nitrogens is 2. The maximum absolute atomic E-state index is 13.7. The molecule has 1 aromatic heterocycles. The number of rotatable bonds is 3. The van der Waals surface area contributed by atoms with Crippen LogP contribution in [0.1, 0.15) is 44.2 Å². The van der Waals surface area contributed by atoms with Gasteiger partial charge in [0.05, 0.1) is 6.04 Å². The van der Waals surface area contributed by atoms with Crippen molar-refractivity contribution in [1.29, 1.82) is 0 Å². The van der Waals surface area contributed by atoms with Crippen LogP contribution in [0, 0.1) is 29.9 Å². The van der Waals surface area contributed by atoms with Crippen LogP contribution in [0.15, 0.2) is 27.7 Å². The molecule has 1 saturated heterocycles. The summed E-state index contributed by atoms with van der Waals surface area (Å²) in [7, 11) is 0. The van der Waals surface area contributed by atoms with Gasteiger partial charge in [-0.2, -0.15) is 5.10 Å². The van der Waals surface area contributed by atoms with Gasteiger partial charge in [0, 0.05) is 44.6 Å². The van der Waals surface area contributed by atoms with Crippen LogP contribution in [-0.4, -0.2) is 40.4 Å². The Morgan fingerprint density at radius 2 is 1.93 bits per heavy atom. The quantitative estimate of drug-likeness (QED) is 0.785. The van der Waals surface area contributed by atoms with Crippen LogP contribution in [0.5, 0.6) is 0 Å². The molecule has 1 amide bonds. The Labute approximate surface area is 167 Å². The lowest BCUT2D eigenvalue weighted by Crippen LogP contribution is -2.51. The van der Waals surface area contributed by atoms with E-state index < -0.39 is 17.7 Å². The van der Waals surface area contributed by atoms with Gasteiger partial charge >= 0.3 is 6.01 Å². The number of halogens is 2. The molecule has 29 heavy (non-hydrogen) atoms. The maximum Gasteiger partial charge on any atom is 0.318 e. The molecular weight excluding hydrogens is 380 g/mol. The van der Waals surface area contributed by atoms with Crippen molar-refractivity contribution in [2.24, 2.45) is 16.4 Å². The summed E-state index contributed by atoms with van der Waals surface area (Å²) in [6.07, 6.45) is 2.63. The van der Waals surface area contributed by atoms with Crippen molar-refractivity contribution in [3.63, 3.8) is 0 Å². The maximum atomic E-state index is 13.7. The average molecular weight is 403 g/mol. The first-order valence-corrected chi connectivity index (χ1v) is 9.61. The predicted molar refractivity (Wildman–Crippen MR) is 102 cm³/mol. The van der Waals surface area contributed by atoms with Gasteiger partial charge in [0.15, 0.2) is 0 Å². The minimum Gasteiger partial charge on any atom is -0.408 e. The molecule has 2 aromatic rings. The summed E-state index contributed by atoms with van der Waals surface area (Å²) < 4.78 is 32.9. The molecule has 4 rings (SSSR count). The van der Waals surface area contributed by atoms with Gasteiger partial charge in [-0.1, -0.05) is 18.9 Å². The predicted octanol–water partition coefficient (Wildman–Crippen LogP) is 3.47. The van der Waals surface area contributed by atoms with E-state index in [1.54, 1.807) is 13.1 Å². The fourth-order valence-electron chi connectivity index (χ4n) is 4.22. The lowest BCUT2D eigenvalue weighted by molar-refractivity contribution is -0.142. The van der Waals surface area contributed by atoms with Crippen molar-refractivity contribution in [1.82, 2.24) is 15.2 Å². The van der Waals surface area contributed by atoms with Crippen LogP contribution in [0.2, 0.25) is 0 Å². The Balaban J connectivity index is 1.53. The SMILES string of the molecule is Cc1nnc(N2CCC(C(=O)N3N=CCC3c3cc(F)cc(F)c3)C(C)(C)C2)o1. The first-order chi connectivity index (χ1) is 13.7. The van der Waals surface area contributed by atoms with Crippen LogP contribution in [0.25, 0.3) is 0 Å². The fourth-order valence-corrected chi connectivity index (χ4v) is 4.22. The van der Waals surface area contributed by atoms with Gasteiger partial charge < -0.3 is 9.32 Å². The van der Waals surface area contributed by atoms with Gasteiger partial charge in [0.2, 0.25) is 11.8 Å². The zero-order chi connectivity index (χ0) is 20.8. The summed E-state index contributed by atoms with van der Waals surface area (Å²) >= 11 is 0.